The number of aliphatic imine (C=N–C) groups is 1. The number of pyridine rings is 1. The van der Waals surface area contributed by atoms with Crippen molar-refractivity contribution in [2.45, 2.75) is 50.0 Å². The van der Waals surface area contributed by atoms with Gasteiger partial charge in [-0.25, -0.2) is 13.4 Å². The van der Waals surface area contributed by atoms with Crippen molar-refractivity contribution < 1.29 is 18.3 Å². The molecular weight excluding hydrogens is 516 g/mol. The van der Waals surface area contributed by atoms with E-state index >= 15 is 0 Å². The molecule has 39 heavy (non-hydrogen) atoms. The number of piperidine rings is 1. The Labute approximate surface area is 228 Å². The number of carbonyl (C=O) groups excluding carboxylic acids is 1. The van der Waals surface area contributed by atoms with Gasteiger partial charge in [-0.2, -0.15) is 5.10 Å². The normalized spacial score (nSPS) is 16.1. The van der Waals surface area contributed by atoms with E-state index in [1.807, 2.05) is 25.1 Å². The van der Waals surface area contributed by atoms with Gasteiger partial charge in [0.25, 0.3) is 5.91 Å². The van der Waals surface area contributed by atoms with Gasteiger partial charge in [-0.15, -0.1) is 0 Å². The predicted octanol–water partition coefficient (Wildman–Crippen LogP) is 3.84. The van der Waals surface area contributed by atoms with Crippen molar-refractivity contribution >= 4 is 44.6 Å². The van der Waals surface area contributed by atoms with Gasteiger partial charge < -0.3 is 10.4 Å². The zero-order chi connectivity index (χ0) is 28.2. The quantitative estimate of drug-likeness (QED) is 0.272. The molecule has 1 aliphatic heterocycles. The molecular formula is C28H34N6O4S. The molecule has 206 valence electrons. The minimum absolute atomic E-state index is 0.0365. The van der Waals surface area contributed by atoms with Gasteiger partial charge in [0.05, 0.1) is 28.8 Å². The molecule has 4 rings (SSSR count). The summed E-state index contributed by atoms with van der Waals surface area (Å²) < 4.78 is 24.6. The van der Waals surface area contributed by atoms with E-state index in [1.165, 1.54) is 18.3 Å². The first-order valence-electron chi connectivity index (χ1n) is 12.8. The highest BCUT2D eigenvalue weighted by Crippen LogP contribution is 2.25. The number of aromatic nitrogens is 3. The number of allylic oxidation sites excluding steroid dienone is 1. The number of fused-ring (bicyclic) bond motifs is 1. The van der Waals surface area contributed by atoms with Gasteiger partial charge in [-0.05, 0) is 81.3 Å². The number of aliphatic hydroxyl groups is 1. The number of hydrogen-bond acceptors (Lipinski definition) is 8. The molecule has 1 aliphatic rings. The van der Waals surface area contributed by atoms with E-state index in [9.17, 15) is 18.3 Å². The molecule has 3 aromatic rings. The number of sulfone groups is 1. The smallest absolute Gasteiger partial charge is 0.276 e. The number of carbonyl (C=O) groups is 1. The van der Waals surface area contributed by atoms with Crippen LogP contribution in [0.5, 0.6) is 0 Å². The molecule has 0 saturated carbocycles. The van der Waals surface area contributed by atoms with E-state index in [-0.39, 0.29) is 16.8 Å². The Hall–Kier alpha value is -3.67. The fourth-order valence-electron chi connectivity index (χ4n) is 4.42. The van der Waals surface area contributed by atoms with Crippen LogP contribution >= 0.6 is 0 Å². The van der Waals surface area contributed by atoms with Crippen LogP contribution in [0.1, 0.15) is 49.7 Å². The van der Waals surface area contributed by atoms with Crippen LogP contribution in [0.4, 0.5) is 5.69 Å². The van der Waals surface area contributed by atoms with Crippen LogP contribution in [0, 0.1) is 0 Å². The minimum atomic E-state index is -3.50. The maximum atomic E-state index is 13.1. The van der Waals surface area contributed by atoms with Crippen molar-refractivity contribution in [3.05, 3.63) is 65.6 Å². The van der Waals surface area contributed by atoms with Crippen molar-refractivity contribution in [3.63, 3.8) is 0 Å². The second kappa shape index (κ2) is 12.0. The predicted molar refractivity (Wildman–Crippen MR) is 154 cm³/mol. The van der Waals surface area contributed by atoms with E-state index in [0.717, 1.165) is 42.6 Å². The largest absolute Gasteiger partial charge is 0.393 e. The molecule has 1 amide bonds. The van der Waals surface area contributed by atoms with E-state index < -0.39 is 21.0 Å². The van der Waals surface area contributed by atoms with Gasteiger partial charge in [0, 0.05) is 31.2 Å². The number of anilines is 1. The molecule has 0 spiro atoms. The Balaban J connectivity index is 1.53. The topological polar surface area (TPSA) is 141 Å². The fourth-order valence-corrected chi connectivity index (χ4v) is 5.37. The lowest BCUT2D eigenvalue weighted by molar-refractivity contribution is 0.0872. The number of hydrogen-bond donors (Lipinski definition) is 3. The number of rotatable bonds is 9. The summed E-state index contributed by atoms with van der Waals surface area (Å²) in [6.07, 6.45) is 6.42. The van der Waals surface area contributed by atoms with Gasteiger partial charge in [0.15, 0.2) is 20.6 Å². The number of likely N-dealkylation sites (tertiary alicyclic amines) is 1. The Morgan fingerprint density at radius 1 is 1.28 bits per heavy atom. The first-order valence-corrected chi connectivity index (χ1v) is 14.4. The van der Waals surface area contributed by atoms with Crippen LogP contribution in [0.15, 0.2) is 64.4 Å². The van der Waals surface area contributed by atoms with Crippen molar-refractivity contribution in [3.8, 4) is 0 Å². The molecule has 1 aromatic carbocycles. The van der Waals surface area contributed by atoms with Gasteiger partial charge in [-0.1, -0.05) is 12.1 Å². The maximum absolute atomic E-state index is 13.1. The summed E-state index contributed by atoms with van der Waals surface area (Å²) in [4.78, 5) is 23.3. The number of nitrogens with one attached hydrogen (secondary N) is 2. The van der Waals surface area contributed by atoms with Gasteiger partial charge in [0.1, 0.15) is 0 Å². The third kappa shape index (κ3) is 6.67. The summed E-state index contributed by atoms with van der Waals surface area (Å²) in [7, 11) is -3.50. The molecule has 2 aromatic heterocycles. The highest BCUT2D eigenvalue weighted by Gasteiger charge is 2.21. The summed E-state index contributed by atoms with van der Waals surface area (Å²) >= 11 is 0. The average molecular weight is 551 g/mol. The Bertz CT molecular complexity index is 1520. The summed E-state index contributed by atoms with van der Waals surface area (Å²) in [6.45, 7) is 11.1. The van der Waals surface area contributed by atoms with E-state index in [2.05, 4.69) is 43.2 Å². The summed E-state index contributed by atoms with van der Waals surface area (Å²) in [5.74, 6) is -0.440. The first-order chi connectivity index (χ1) is 18.6. The number of aliphatic hydroxyl groups excluding tert-OH is 1. The van der Waals surface area contributed by atoms with Crippen LogP contribution in [-0.2, 0) is 9.84 Å². The molecule has 11 heteroatoms. The summed E-state index contributed by atoms with van der Waals surface area (Å²) in [5, 5.41) is 19.7. The Morgan fingerprint density at radius 3 is 2.67 bits per heavy atom. The molecule has 1 saturated heterocycles. The monoisotopic (exact) mass is 550 g/mol. The number of aromatic amines is 1. The number of H-pyrrole nitrogens is 1. The third-order valence-electron chi connectivity index (χ3n) is 6.76. The van der Waals surface area contributed by atoms with Gasteiger partial charge in [-0.3, -0.25) is 19.8 Å². The Morgan fingerprint density at radius 2 is 2.03 bits per heavy atom. The van der Waals surface area contributed by atoms with Crippen molar-refractivity contribution in [2.24, 2.45) is 4.99 Å². The molecule has 0 unspecified atom stereocenters. The SMILES string of the molecule is C=N/C=C(\C=C(/C)c1ccc2[nH]nc(C(=O)Nc3ccc(S(=O)(=O)C(C)C)nc3)c2c1)CN1CCC(O)CC1. The van der Waals surface area contributed by atoms with Crippen LogP contribution in [0.2, 0.25) is 0 Å². The number of nitrogens with zero attached hydrogens (tertiary/aromatic N) is 4. The van der Waals surface area contributed by atoms with Crippen molar-refractivity contribution in [1.82, 2.24) is 20.1 Å². The molecule has 0 aliphatic carbocycles. The third-order valence-corrected chi connectivity index (χ3v) is 8.83. The van der Waals surface area contributed by atoms with Gasteiger partial charge >= 0.3 is 0 Å². The van der Waals surface area contributed by atoms with Crippen LogP contribution < -0.4 is 5.32 Å². The highest BCUT2D eigenvalue weighted by atomic mass is 32.2. The summed E-state index contributed by atoms with van der Waals surface area (Å²) in [5.41, 5.74) is 4.20. The van der Waals surface area contributed by atoms with E-state index in [0.29, 0.717) is 23.1 Å². The highest BCUT2D eigenvalue weighted by molar-refractivity contribution is 7.91. The van der Waals surface area contributed by atoms with Crippen LogP contribution in [0.25, 0.3) is 16.5 Å². The van der Waals surface area contributed by atoms with Gasteiger partial charge in [0.2, 0.25) is 0 Å². The standard InChI is InChI=1S/C28H34N6O4S/c1-18(2)39(37,38)26-8-6-22(16-30-26)31-28(36)27-24-14-21(5-7-25(24)32-33-27)19(3)13-20(15-29-4)17-34-11-9-23(35)10-12-34/h5-8,13-16,18,23,35H,4,9-12,17H2,1-3H3,(H,31,36)(H,32,33)/b19-13+,20-15+. The molecule has 0 bridgehead atoms. The number of amides is 1. The summed E-state index contributed by atoms with van der Waals surface area (Å²) in [6, 6.07) is 8.64. The lowest BCUT2D eigenvalue weighted by Gasteiger charge is -2.29. The lowest BCUT2D eigenvalue weighted by atomic mass is 10.0. The molecule has 3 N–H and O–H groups in total. The van der Waals surface area contributed by atoms with Crippen molar-refractivity contribution in [2.75, 3.05) is 25.0 Å². The van der Waals surface area contributed by atoms with E-state index in [1.54, 1.807) is 20.0 Å². The molecule has 0 atom stereocenters. The van der Waals surface area contributed by atoms with E-state index in [4.69, 9.17) is 0 Å². The second-order valence-electron chi connectivity index (χ2n) is 9.99. The molecule has 0 radical (unpaired) electrons. The van der Waals surface area contributed by atoms with Crippen LogP contribution in [0.3, 0.4) is 0 Å². The molecule has 10 nitrogen and oxygen atoms in total. The lowest BCUT2D eigenvalue weighted by Crippen LogP contribution is -2.36. The zero-order valence-corrected chi connectivity index (χ0v) is 23.2. The van der Waals surface area contributed by atoms with Crippen LogP contribution in [-0.4, -0.2) is 77.2 Å². The average Bonchev–Trinajstić information content (AvgIpc) is 3.34. The number of benzene rings is 1. The first kappa shape index (κ1) is 28.3. The minimum Gasteiger partial charge on any atom is -0.393 e. The Kier molecular flexibility index (Phi) is 8.73. The zero-order valence-electron chi connectivity index (χ0n) is 22.4. The molecule has 1 fully saturated rings. The maximum Gasteiger partial charge on any atom is 0.276 e. The second-order valence-corrected chi connectivity index (χ2v) is 12.4. The molecule has 3 heterocycles. The fraction of sp³-hybridized carbons (Fsp3) is 0.357. The van der Waals surface area contributed by atoms with Crippen molar-refractivity contribution in [1.29, 1.82) is 0 Å².